The Morgan fingerprint density at radius 1 is 0.969 bits per heavy atom. The van der Waals surface area contributed by atoms with Gasteiger partial charge in [-0.05, 0) is 41.3 Å². The highest BCUT2D eigenvalue weighted by atomic mass is 16.5. The molecule has 0 spiro atoms. The Kier molecular flexibility index (Phi) is 5.05. The second-order valence-corrected chi connectivity index (χ2v) is 8.01. The summed E-state index contributed by atoms with van der Waals surface area (Å²) in [5, 5.41) is 3.04. The number of fused-ring (bicyclic) bond motifs is 4. The molecule has 0 radical (unpaired) electrons. The molecule has 0 fully saturated rings. The Labute approximate surface area is 186 Å². The van der Waals surface area contributed by atoms with E-state index in [-0.39, 0.29) is 17.9 Å². The molecule has 0 aliphatic carbocycles. The summed E-state index contributed by atoms with van der Waals surface area (Å²) in [6, 6.07) is 20.4. The summed E-state index contributed by atoms with van der Waals surface area (Å²) in [5.41, 5.74) is 4.06. The molecule has 3 aromatic carbocycles. The highest BCUT2D eigenvalue weighted by Gasteiger charge is 2.46. The number of amides is 2. The summed E-state index contributed by atoms with van der Waals surface area (Å²) in [7, 11) is 3.14. The van der Waals surface area contributed by atoms with Gasteiger partial charge in [-0.25, -0.2) is 0 Å². The number of ether oxygens (including phenoxy) is 2. The summed E-state index contributed by atoms with van der Waals surface area (Å²) in [6.45, 7) is 0.584. The molecule has 0 saturated carbocycles. The SMILES string of the molecule is COc1ccc(OC)c(NC(=O)[C@H]2c3ccccc3C(=O)N3CCc4ccccc4[C@H]23)c1. The molecule has 162 valence electrons. The van der Waals surface area contributed by atoms with Crippen LogP contribution in [0.25, 0.3) is 0 Å². The maximum Gasteiger partial charge on any atom is 0.254 e. The average molecular weight is 428 g/mol. The van der Waals surface area contributed by atoms with E-state index in [1.54, 1.807) is 38.5 Å². The summed E-state index contributed by atoms with van der Waals surface area (Å²) < 4.78 is 10.8. The molecular formula is C26H24N2O4. The van der Waals surface area contributed by atoms with Crippen molar-refractivity contribution in [1.29, 1.82) is 0 Å². The number of carbonyl (C=O) groups is 2. The molecule has 2 atom stereocenters. The Balaban J connectivity index is 1.62. The summed E-state index contributed by atoms with van der Waals surface area (Å²) >= 11 is 0. The minimum absolute atomic E-state index is 0.0249. The number of anilines is 1. The summed E-state index contributed by atoms with van der Waals surface area (Å²) in [5.74, 6) is 0.387. The van der Waals surface area contributed by atoms with E-state index in [1.165, 1.54) is 5.56 Å². The lowest BCUT2D eigenvalue weighted by atomic mass is 9.76. The first-order valence-corrected chi connectivity index (χ1v) is 10.6. The van der Waals surface area contributed by atoms with Gasteiger partial charge in [-0.1, -0.05) is 42.5 Å². The van der Waals surface area contributed by atoms with Gasteiger partial charge in [0.1, 0.15) is 11.5 Å². The van der Waals surface area contributed by atoms with Crippen LogP contribution in [0.1, 0.15) is 39.0 Å². The fourth-order valence-corrected chi connectivity index (χ4v) is 4.88. The molecule has 6 nitrogen and oxygen atoms in total. The third-order valence-electron chi connectivity index (χ3n) is 6.38. The van der Waals surface area contributed by atoms with E-state index in [0.29, 0.717) is 29.3 Å². The Morgan fingerprint density at radius 2 is 1.72 bits per heavy atom. The van der Waals surface area contributed by atoms with Crippen molar-refractivity contribution in [3.05, 3.63) is 89.0 Å². The van der Waals surface area contributed by atoms with E-state index in [4.69, 9.17) is 9.47 Å². The first-order chi connectivity index (χ1) is 15.6. The van der Waals surface area contributed by atoms with Crippen LogP contribution in [0.5, 0.6) is 11.5 Å². The molecule has 6 heteroatoms. The zero-order chi connectivity index (χ0) is 22.2. The van der Waals surface area contributed by atoms with Gasteiger partial charge in [-0.2, -0.15) is 0 Å². The molecular weight excluding hydrogens is 404 g/mol. The standard InChI is InChI=1S/C26H24N2O4/c1-31-17-11-12-22(32-2)21(15-17)27-25(29)23-19-9-5-6-10-20(19)26(30)28-14-13-16-7-3-4-8-18(16)24(23)28/h3-12,15,23-24H,13-14H2,1-2H3,(H,27,29)/t23-,24+/m0/s1. The van der Waals surface area contributed by atoms with Crippen molar-refractivity contribution < 1.29 is 19.1 Å². The van der Waals surface area contributed by atoms with Crippen LogP contribution in [-0.4, -0.2) is 37.5 Å². The van der Waals surface area contributed by atoms with Crippen LogP contribution in [0.2, 0.25) is 0 Å². The minimum Gasteiger partial charge on any atom is -0.497 e. The molecule has 2 amide bonds. The number of methoxy groups -OCH3 is 2. The second-order valence-electron chi connectivity index (χ2n) is 8.01. The van der Waals surface area contributed by atoms with E-state index in [9.17, 15) is 9.59 Å². The molecule has 2 heterocycles. The van der Waals surface area contributed by atoms with E-state index < -0.39 is 5.92 Å². The summed E-state index contributed by atoms with van der Waals surface area (Å²) in [4.78, 5) is 29.0. The van der Waals surface area contributed by atoms with E-state index in [2.05, 4.69) is 11.4 Å². The zero-order valence-corrected chi connectivity index (χ0v) is 18.0. The molecule has 0 aromatic heterocycles. The lowest BCUT2D eigenvalue weighted by Gasteiger charge is -2.45. The van der Waals surface area contributed by atoms with Crippen molar-refractivity contribution in [2.24, 2.45) is 0 Å². The quantitative estimate of drug-likeness (QED) is 0.677. The zero-order valence-electron chi connectivity index (χ0n) is 18.0. The van der Waals surface area contributed by atoms with Gasteiger partial charge >= 0.3 is 0 Å². The van der Waals surface area contributed by atoms with Gasteiger partial charge in [0.25, 0.3) is 5.91 Å². The van der Waals surface area contributed by atoms with Gasteiger partial charge in [0.05, 0.1) is 31.9 Å². The van der Waals surface area contributed by atoms with Crippen LogP contribution >= 0.6 is 0 Å². The van der Waals surface area contributed by atoms with Crippen molar-refractivity contribution in [1.82, 2.24) is 4.90 Å². The molecule has 2 aliphatic rings. The normalized spacial score (nSPS) is 18.8. The van der Waals surface area contributed by atoms with E-state index in [0.717, 1.165) is 17.5 Å². The maximum atomic E-state index is 13.8. The number of carbonyl (C=O) groups excluding carboxylic acids is 2. The van der Waals surface area contributed by atoms with E-state index >= 15 is 0 Å². The third kappa shape index (κ3) is 3.19. The van der Waals surface area contributed by atoms with Crippen molar-refractivity contribution in [2.45, 2.75) is 18.4 Å². The molecule has 32 heavy (non-hydrogen) atoms. The third-order valence-corrected chi connectivity index (χ3v) is 6.38. The first-order valence-electron chi connectivity index (χ1n) is 10.6. The number of nitrogens with one attached hydrogen (secondary N) is 1. The predicted molar refractivity (Wildman–Crippen MR) is 121 cm³/mol. The lowest BCUT2D eigenvalue weighted by molar-refractivity contribution is -0.119. The van der Waals surface area contributed by atoms with Gasteiger partial charge in [0.2, 0.25) is 5.91 Å². The van der Waals surface area contributed by atoms with Gasteiger partial charge in [0.15, 0.2) is 0 Å². The number of rotatable bonds is 4. The van der Waals surface area contributed by atoms with Gasteiger partial charge in [-0.15, -0.1) is 0 Å². The largest absolute Gasteiger partial charge is 0.497 e. The topological polar surface area (TPSA) is 67.9 Å². The number of nitrogens with zero attached hydrogens (tertiary/aromatic N) is 1. The van der Waals surface area contributed by atoms with Crippen molar-refractivity contribution in [2.75, 3.05) is 26.1 Å². The van der Waals surface area contributed by atoms with Crippen LogP contribution in [0.4, 0.5) is 5.69 Å². The first kappa shape index (κ1) is 20.1. The number of hydrogen-bond donors (Lipinski definition) is 1. The van der Waals surface area contributed by atoms with Crippen molar-refractivity contribution in [3.8, 4) is 11.5 Å². The van der Waals surface area contributed by atoms with Crippen molar-refractivity contribution >= 4 is 17.5 Å². The molecule has 0 unspecified atom stereocenters. The molecule has 1 N–H and O–H groups in total. The Bertz CT molecular complexity index is 1210. The maximum absolute atomic E-state index is 13.8. The van der Waals surface area contributed by atoms with Gasteiger partial charge in [-0.3, -0.25) is 9.59 Å². The minimum atomic E-state index is -0.554. The van der Waals surface area contributed by atoms with Crippen LogP contribution in [-0.2, 0) is 11.2 Å². The van der Waals surface area contributed by atoms with Gasteiger partial charge < -0.3 is 19.7 Å². The fourth-order valence-electron chi connectivity index (χ4n) is 4.88. The molecule has 3 aromatic rings. The highest BCUT2D eigenvalue weighted by Crippen LogP contribution is 2.46. The number of benzene rings is 3. The monoisotopic (exact) mass is 428 g/mol. The Hall–Kier alpha value is -3.80. The van der Waals surface area contributed by atoms with E-state index in [1.807, 2.05) is 41.3 Å². The van der Waals surface area contributed by atoms with Gasteiger partial charge in [0, 0.05) is 18.2 Å². The molecule has 0 bridgehead atoms. The smallest absolute Gasteiger partial charge is 0.254 e. The summed E-state index contributed by atoms with van der Waals surface area (Å²) in [6.07, 6.45) is 0.776. The number of hydrogen-bond acceptors (Lipinski definition) is 4. The second kappa shape index (κ2) is 8.04. The molecule has 5 rings (SSSR count). The predicted octanol–water partition coefficient (Wildman–Crippen LogP) is 4.18. The van der Waals surface area contributed by atoms with Crippen LogP contribution < -0.4 is 14.8 Å². The molecule has 0 saturated heterocycles. The Morgan fingerprint density at radius 3 is 2.50 bits per heavy atom. The van der Waals surface area contributed by atoms with Crippen LogP contribution in [0.15, 0.2) is 66.7 Å². The highest BCUT2D eigenvalue weighted by molar-refractivity contribution is 6.05. The van der Waals surface area contributed by atoms with Crippen molar-refractivity contribution in [3.63, 3.8) is 0 Å². The fraction of sp³-hybridized carbons (Fsp3) is 0.231. The van der Waals surface area contributed by atoms with Crippen LogP contribution in [0.3, 0.4) is 0 Å². The lowest BCUT2D eigenvalue weighted by Crippen LogP contribution is -2.49. The molecule has 2 aliphatic heterocycles. The van der Waals surface area contributed by atoms with Crippen LogP contribution in [0, 0.1) is 0 Å². The average Bonchev–Trinajstić information content (AvgIpc) is 2.84.